The van der Waals surface area contributed by atoms with Gasteiger partial charge in [0.1, 0.15) is 5.01 Å². The molecule has 1 saturated heterocycles. The lowest BCUT2D eigenvalue weighted by atomic mass is 10.1. The van der Waals surface area contributed by atoms with Crippen LogP contribution in [0, 0.1) is 0 Å². The van der Waals surface area contributed by atoms with Crippen molar-refractivity contribution < 1.29 is 4.74 Å². The van der Waals surface area contributed by atoms with Crippen LogP contribution in [0.25, 0.3) is 16.3 Å². The zero-order valence-corrected chi connectivity index (χ0v) is 11.9. The van der Waals surface area contributed by atoms with E-state index in [2.05, 4.69) is 41.5 Å². The van der Waals surface area contributed by atoms with E-state index < -0.39 is 0 Å². The molecule has 0 aliphatic carbocycles. The first-order valence-corrected chi connectivity index (χ1v) is 7.47. The molecule has 1 fully saturated rings. The van der Waals surface area contributed by atoms with E-state index in [1.54, 1.807) is 11.3 Å². The molecular formula is C15H18N2OS. The first-order valence-electron chi connectivity index (χ1n) is 6.65. The van der Waals surface area contributed by atoms with Crippen molar-refractivity contribution in [3.8, 4) is 0 Å². The number of thiazole rings is 1. The van der Waals surface area contributed by atoms with Gasteiger partial charge in [-0.2, -0.15) is 0 Å². The van der Waals surface area contributed by atoms with Crippen LogP contribution in [0.2, 0.25) is 0 Å². The summed E-state index contributed by atoms with van der Waals surface area (Å²) in [7, 11) is 0. The van der Waals surface area contributed by atoms with Crippen LogP contribution < -0.4 is 5.32 Å². The van der Waals surface area contributed by atoms with E-state index in [0.29, 0.717) is 6.04 Å². The zero-order valence-electron chi connectivity index (χ0n) is 11.1. The molecule has 0 radical (unpaired) electrons. The largest absolute Gasteiger partial charge is 0.379 e. The Morgan fingerprint density at radius 2 is 2.42 bits per heavy atom. The van der Waals surface area contributed by atoms with Crippen LogP contribution in [0.15, 0.2) is 29.8 Å². The predicted octanol–water partition coefficient (Wildman–Crippen LogP) is 3.08. The molecule has 3 nitrogen and oxygen atoms in total. The molecule has 0 saturated carbocycles. The number of morpholine rings is 1. The highest BCUT2D eigenvalue weighted by molar-refractivity contribution is 7.19. The Hall–Kier alpha value is -1.23. The summed E-state index contributed by atoms with van der Waals surface area (Å²) in [6, 6.07) is 8.72. The smallest absolute Gasteiger partial charge is 0.117 e. The number of para-hydroxylation sites is 1. The molecule has 0 amide bonds. The van der Waals surface area contributed by atoms with Crippen LogP contribution in [0.4, 0.5) is 0 Å². The fourth-order valence-electron chi connectivity index (χ4n) is 2.36. The summed E-state index contributed by atoms with van der Waals surface area (Å²) in [5.74, 6) is 0. The topological polar surface area (TPSA) is 34.1 Å². The minimum Gasteiger partial charge on any atom is -0.379 e. The number of ether oxygens (including phenoxy) is 1. The first-order chi connectivity index (χ1) is 9.31. The Morgan fingerprint density at radius 1 is 1.53 bits per heavy atom. The number of fused-ring (bicyclic) bond motifs is 1. The summed E-state index contributed by atoms with van der Waals surface area (Å²) < 4.78 is 6.73. The van der Waals surface area contributed by atoms with Gasteiger partial charge in [-0.15, -0.1) is 11.3 Å². The maximum Gasteiger partial charge on any atom is 0.117 e. The third-order valence-electron chi connectivity index (χ3n) is 3.25. The molecule has 0 bridgehead atoms. The van der Waals surface area contributed by atoms with Crippen LogP contribution in [0.5, 0.6) is 0 Å². The quantitative estimate of drug-likeness (QED) is 0.934. The Bertz CT molecular complexity index is 552. The lowest BCUT2D eigenvalue weighted by molar-refractivity contribution is 0.0771. The lowest BCUT2D eigenvalue weighted by Crippen LogP contribution is -2.41. The van der Waals surface area contributed by atoms with E-state index >= 15 is 0 Å². The van der Waals surface area contributed by atoms with Gasteiger partial charge in [-0.3, -0.25) is 0 Å². The van der Waals surface area contributed by atoms with Crippen molar-refractivity contribution >= 4 is 27.6 Å². The third kappa shape index (κ3) is 3.21. The molecule has 2 heterocycles. The van der Waals surface area contributed by atoms with Gasteiger partial charge in [0.2, 0.25) is 0 Å². The maximum atomic E-state index is 5.48. The van der Waals surface area contributed by atoms with Gasteiger partial charge in [-0.25, -0.2) is 4.98 Å². The number of hydrogen-bond donors (Lipinski definition) is 1. The molecule has 19 heavy (non-hydrogen) atoms. The first kappa shape index (κ1) is 12.8. The number of hydrogen-bond acceptors (Lipinski definition) is 4. The van der Waals surface area contributed by atoms with E-state index in [9.17, 15) is 0 Å². The van der Waals surface area contributed by atoms with Crippen molar-refractivity contribution in [1.82, 2.24) is 10.3 Å². The van der Waals surface area contributed by atoms with Gasteiger partial charge in [0.25, 0.3) is 0 Å². The third-order valence-corrected chi connectivity index (χ3v) is 4.23. The number of aromatic nitrogens is 1. The molecule has 2 aromatic rings. The highest BCUT2D eigenvalue weighted by atomic mass is 32.1. The van der Waals surface area contributed by atoms with Crippen molar-refractivity contribution in [2.75, 3.05) is 19.8 Å². The van der Waals surface area contributed by atoms with Gasteiger partial charge >= 0.3 is 0 Å². The number of benzene rings is 1. The number of rotatable bonds is 3. The second kappa shape index (κ2) is 5.82. The van der Waals surface area contributed by atoms with Crippen LogP contribution in [0.1, 0.15) is 18.4 Å². The van der Waals surface area contributed by atoms with E-state index in [4.69, 9.17) is 4.74 Å². The Balaban J connectivity index is 1.72. The lowest BCUT2D eigenvalue weighted by Gasteiger charge is -2.23. The van der Waals surface area contributed by atoms with Crippen molar-refractivity contribution in [2.24, 2.45) is 0 Å². The molecule has 100 valence electrons. The summed E-state index contributed by atoms with van der Waals surface area (Å²) in [5, 5.41) is 4.57. The molecule has 1 atom stereocenters. The van der Waals surface area contributed by atoms with Crippen LogP contribution >= 0.6 is 11.3 Å². The van der Waals surface area contributed by atoms with E-state index in [-0.39, 0.29) is 0 Å². The van der Waals surface area contributed by atoms with Crippen molar-refractivity contribution in [3.05, 3.63) is 34.8 Å². The predicted molar refractivity (Wildman–Crippen MR) is 80.5 cm³/mol. The molecule has 1 aromatic heterocycles. The van der Waals surface area contributed by atoms with Crippen molar-refractivity contribution in [2.45, 2.75) is 19.4 Å². The molecule has 4 heteroatoms. The molecule has 1 unspecified atom stereocenters. The van der Waals surface area contributed by atoms with E-state index in [0.717, 1.165) is 36.7 Å². The van der Waals surface area contributed by atoms with Crippen molar-refractivity contribution in [3.63, 3.8) is 0 Å². The molecule has 1 aliphatic rings. The Labute approximate surface area is 117 Å². The Morgan fingerprint density at radius 3 is 3.21 bits per heavy atom. The van der Waals surface area contributed by atoms with E-state index in [1.807, 2.05) is 6.07 Å². The van der Waals surface area contributed by atoms with Gasteiger partial charge in [0.05, 0.1) is 23.4 Å². The second-order valence-electron chi connectivity index (χ2n) is 4.94. The van der Waals surface area contributed by atoms with Crippen LogP contribution in [0.3, 0.4) is 0 Å². The summed E-state index contributed by atoms with van der Waals surface area (Å²) in [5.41, 5.74) is 2.44. The summed E-state index contributed by atoms with van der Waals surface area (Å²) in [6.07, 6.45) is 3.22. The highest BCUT2D eigenvalue weighted by Crippen LogP contribution is 2.24. The molecule has 1 aromatic carbocycles. The molecule has 3 rings (SSSR count). The van der Waals surface area contributed by atoms with Gasteiger partial charge in [-0.05, 0) is 31.6 Å². The van der Waals surface area contributed by atoms with Gasteiger partial charge in [0.15, 0.2) is 0 Å². The minimum absolute atomic E-state index is 0.444. The fraction of sp³-hybridized carbons (Fsp3) is 0.400. The molecule has 1 N–H and O–H groups in total. The molecule has 1 aliphatic heterocycles. The SMILES string of the molecule is C/C(=C/c1nc2ccccc2s1)CC1COCCN1. The Kier molecular flexibility index (Phi) is 3.92. The second-order valence-corrected chi connectivity index (χ2v) is 6.00. The van der Waals surface area contributed by atoms with Gasteiger partial charge in [-0.1, -0.05) is 17.7 Å². The summed E-state index contributed by atoms with van der Waals surface area (Å²) >= 11 is 1.75. The minimum atomic E-state index is 0.444. The zero-order chi connectivity index (χ0) is 13.1. The number of nitrogens with one attached hydrogen (secondary N) is 1. The summed E-state index contributed by atoms with van der Waals surface area (Å²) in [4.78, 5) is 4.64. The standard InChI is InChI=1S/C15H18N2OS/c1-11(8-12-10-18-7-6-16-12)9-15-17-13-4-2-3-5-14(13)19-15/h2-5,9,12,16H,6-8,10H2,1H3/b11-9-. The average molecular weight is 274 g/mol. The van der Waals surface area contributed by atoms with Gasteiger partial charge < -0.3 is 10.1 Å². The van der Waals surface area contributed by atoms with Crippen LogP contribution in [-0.2, 0) is 4.74 Å². The van der Waals surface area contributed by atoms with Gasteiger partial charge in [0, 0.05) is 12.6 Å². The number of nitrogens with zero attached hydrogens (tertiary/aromatic N) is 1. The fourth-order valence-corrected chi connectivity index (χ4v) is 3.36. The highest BCUT2D eigenvalue weighted by Gasteiger charge is 2.13. The summed E-state index contributed by atoms with van der Waals surface area (Å²) in [6.45, 7) is 4.77. The monoisotopic (exact) mass is 274 g/mol. The molecule has 0 spiro atoms. The van der Waals surface area contributed by atoms with Crippen LogP contribution in [-0.4, -0.2) is 30.8 Å². The molecular weight excluding hydrogens is 256 g/mol. The van der Waals surface area contributed by atoms with Crippen molar-refractivity contribution in [1.29, 1.82) is 0 Å². The maximum absolute atomic E-state index is 5.48. The average Bonchev–Trinajstić information content (AvgIpc) is 2.81. The van der Waals surface area contributed by atoms with E-state index in [1.165, 1.54) is 10.3 Å². The normalized spacial score (nSPS) is 20.9.